The topological polar surface area (TPSA) is 57.2 Å². The van der Waals surface area contributed by atoms with Gasteiger partial charge in [-0.15, -0.1) is 35.2 Å². The zero-order valence-corrected chi connectivity index (χ0v) is 39.8. The fourth-order valence-corrected chi connectivity index (χ4v) is 8.96. The molecule has 2 aromatic heterocycles. The van der Waals surface area contributed by atoms with Gasteiger partial charge < -0.3 is 9.73 Å². The Balaban J connectivity index is 0.000000289. The quantitative estimate of drug-likeness (QED) is 0.102. The number of furan rings is 1. The Kier molecular flexibility index (Phi) is 13.9. The molecule has 4 nitrogen and oxygen atoms in total. The van der Waals surface area contributed by atoms with E-state index in [0.29, 0.717) is 5.92 Å². The maximum atomic E-state index is 12.2. The van der Waals surface area contributed by atoms with Crippen molar-refractivity contribution < 1.29 is 29.3 Å². The number of carbonyl (C=O) groups is 1. The Morgan fingerprint density at radius 2 is 1.38 bits per heavy atom. The molecule has 1 aliphatic carbocycles. The zero-order valence-electron chi connectivity index (χ0n) is 37.4. The number of allylic oxidation sites excluding steroid dienone is 2. The molecule has 5 heteroatoms. The molecule has 0 atom stereocenters. The summed E-state index contributed by atoms with van der Waals surface area (Å²) in [6, 6.07) is 26.1. The van der Waals surface area contributed by atoms with Crippen LogP contribution in [0.2, 0.25) is 0 Å². The molecule has 311 valence electrons. The molecule has 0 fully saturated rings. The van der Waals surface area contributed by atoms with Gasteiger partial charge in [0.05, 0.1) is 0 Å². The van der Waals surface area contributed by atoms with Crippen molar-refractivity contribution in [2.75, 3.05) is 0 Å². The van der Waals surface area contributed by atoms with E-state index in [1.165, 1.54) is 45.7 Å². The summed E-state index contributed by atoms with van der Waals surface area (Å²) in [5.41, 5.74) is 9.42. The third kappa shape index (κ3) is 9.02. The van der Waals surface area contributed by atoms with E-state index in [-0.39, 0.29) is 54.1 Å². The van der Waals surface area contributed by atoms with Crippen LogP contribution in [-0.4, -0.2) is 16.8 Å². The second-order valence-corrected chi connectivity index (χ2v) is 19.1. The van der Waals surface area contributed by atoms with Gasteiger partial charge >= 0.3 is 0 Å². The maximum absolute atomic E-state index is 12.2. The van der Waals surface area contributed by atoms with Crippen molar-refractivity contribution >= 4 is 49.3 Å². The fraction of sp³-hybridized carbons (Fsp3) is 0.472. The van der Waals surface area contributed by atoms with E-state index in [4.69, 9.17) is 9.40 Å². The van der Waals surface area contributed by atoms with Crippen molar-refractivity contribution in [1.82, 2.24) is 4.98 Å². The van der Waals surface area contributed by atoms with E-state index in [1.54, 1.807) is 0 Å². The summed E-state index contributed by atoms with van der Waals surface area (Å²) in [5.74, 6) is 0.841. The Bertz CT molecular complexity index is 2430. The summed E-state index contributed by atoms with van der Waals surface area (Å²) in [6.45, 7) is 29.0. The van der Waals surface area contributed by atoms with Crippen LogP contribution in [0.4, 0.5) is 0 Å². The largest absolute Gasteiger partial charge is 0.685 e. The van der Waals surface area contributed by atoms with Crippen molar-refractivity contribution in [2.45, 2.75) is 151 Å². The molecule has 0 amide bonds. The number of aromatic nitrogens is 1. The average Bonchev–Trinajstić information content (AvgIpc) is 3.54. The predicted molar refractivity (Wildman–Crippen MR) is 245 cm³/mol. The molecule has 6 aromatic rings. The van der Waals surface area contributed by atoms with Gasteiger partial charge in [-0.2, -0.15) is 5.70 Å². The van der Waals surface area contributed by atoms with Crippen molar-refractivity contribution in [3.63, 3.8) is 0 Å². The smallest absolute Gasteiger partial charge is 0.157 e. The molecular formula is C53H66IrN2O2-2. The van der Waals surface area contributed by atoms with Crippen molar-refractivity contribution in [3.05, 3.63) is 107 Å². The molecule has 0 spiro atoms. The summed E-state index contributed by atoms with van der Waals surface area (Å²) < 4.78 is 6.69. The van der Waals surface area contributed by atoms with Crippen LogP contribution >= 0.6 is 0 Å². The molecule has 1 aliphatic rings. The van der Waals surface area contributed by atoms with Crippen LogP contribution in [0, 0.1) is 17.9 Å². The molecule has 0 N–H and O–H groups in total. The number of benzene rings is 4. The van der Waals surface area contributed by atoms with E-state index in [9.17, 15) is 4.79 Å². The third-order valence-corrected chi connectivity index (χ3v) is 12.7. The summed E-state index contributed by atoms with van der Waals surface area (Å²) in [5, 5.41) is 11.6. The average molecular weight is 955 g/mol. The monoisotopic (exact) mass is 955 g/mol. The molecule has 0 saturated carbocycles. The minimum absolute atomic E-state index is 0. The molecule has 0 unspecified atom stereocenters. The Hall–Kier alpha value is -3.79. The molecule has 0 saturated heterocycles. The van der Waals surface area contributed by atoms with Gasteiger partial charge in [-0.3, -0.25) is 9.78 Å². The Morgan fingerprint density at radius 1 is 0.793 bits per heavy atom. The van der Waals surface area contributed by atoms with Crippen molar-refractivity contribution in [2.24, 2.45) is 11.8 Å². The number of fused-ring (bicyclic) bond motifs is 7. The van der Waals surface area contributed by atoms with E-state index < -0.39 is 0 Å². The summed E-state index contributed by atoms with van der Waals surface area (Å²) >= 11 is 0. The zero-order chi connectivity index (χ0) is 41.4. The van der Waals surface area contributed by atoms with Crippen LogP contribution in [-0.2, 0) is 41.1 Å². The standard InChI is InChI=1S/C37H36NO.C16H31NO.Ir/c1-35(2,3)29-19-23(18-22-10-8-9-11-24(22)29)33-25-12-13-26-28-20-30-31(37(6,7)16-15-36(30,4)5)21-32(28)39-34(26)27(25)14-17-38-33;1-7-13(8-2)15(17-12(5)6)11-16(18)14(9-3)10-4;/h8-14,17,19-21H,15-16H2,1-7H3;11-14H,7-10H2,1-6H3,(H,17,18);/q-1;;/p-1. The molecule has 2 heterocycles. The van der Waals surface area contributed by atoms with Gasteiger partial charge in [0.1, 0.15) is 11.2 Å². The number of nitrogens with zero attached hydrogens (tertiary/aromatic N) is 2. The van der Waals surface area contributed by atoms with Crippen LogP contribution in [0.3, 0.4) is 0 Å². The first-order chi connectivity index (χ1) is 26.9. The Morgan fingerprint density at radius 3 is 1.98 bits per heavy atom. The minimum atomic E-state index is 0. The van der Waals surface area contributed by atoms with E-state index in [1.807, 2.05) is 12.3 Å². The summed E-state index contributed by atoms with van der Waals surface area (Å²) in [7, 11) is 0. The number of ketones is 1. The van der Waals surface area contributed by atoms with Gasteiger partial charge in [-0.05, 0) is 88.6 Å². The van der Waals surface area contributed by atoms with Crippen molar-refractivity contribution in [1.29, 1.82) is 0 Å². The maximum Gasteiger partial charge on any atom is 0.157 e. The second-order valence-electron chi connectivity index (χ2n) is 19.1. The molecule has 1 radical (unpaired) electrons. The summed E-state index contributed by atoms with van der Waals surface area (Å²) in [4.78, 5) is 17.1. The van der Waals surface area contributed by atoms with Crippen LogP contribution in [0.1, 0.15) is 145 Å². The number of pyridine rings is 1. The number of hydrogen-bond acceptors (Lipinski definition) is 3. The molecule has 0 aliphatic heterocycles. The van der Waals surface area contributed by atoms with E-state index in [0.717, 1.165) is 70.0 Å². The van der Waals surface area contributed by atoms with Gasteiger partial charge in [-0.1, -0.05) is 144 Å². The van der Waals surface area contributed by atoms with Crippen LogP contribution in [0.5, 0.6) is 0 Å². The van der Waals surface area contributed by atoms with Gasteiger partial charge in [0.2, 0.25) is 0 Å². The van der Waals surface area contributed by atoms with Gasteiger partial charge in [0, 0.05) is 54.1 Å². The fourth-order valence-electron chi connectivity index (χ4n) is 8.96. The van der Waals surface area contributed by atoms with Crippen LogP contribution in [0.25, 0.3) is 60.1 Å². The normalized spacial score (nSPS) is 15.2. The van der Waals surface area contributed by atoms with E-state index >= 15 is 0 Å². The number of hydrogen-bond donors (Lipinski definition) is 0. The van der Waals surface area contributed by atoms with Gasteiger partial charge in [0.25, 0.3) is 0 Å². The van der Waals surface area contributed by atoms with Crippen LogP contribution in [0.15, 0.2) is 83.1 Å². The van der Waals surface area contributed by atoms with E-state index in [2.05, 4.69) is 162 Å². The molecule has 0 bridgehead atoms. The Labute approximate surface area is 362 Å². The molecule has 4 aromatic carbocycles. The van der Waals surface area contributed by atoms with Crippen molar-refractivity contribution in [3.8, 4) is 11.3 Å². The first kappa shape index (κ1) is 45.3. The summed E-state index contributed by atoms with van der Waals surface area (Å²) in [6.07, 6.45) is 10.1. The molecule has 7 rings (SSSR count). The predicted octanol–water partition coefficient (Wildman–Crippen LogP) is 15.5. The first-order valence-electron chi connectivity index (χ1n) is 21.6. The molecular weight excluding hydrogens is 889 g/mol. The van der Waals surface area contributed by atoms with Crippen LogP contribution < -0.4 is 0 Å². The first-order valence-corrected chi connectivity index (χ1v) is 21.6. The number of rotatable bonds is 10. The second kappa shape index (κ2) is 17.8. The SMILES string of the molecule is CC(C)(C)c1cc(-c2nccc3c2ccc2c4cc5c(cc4oc32)C(C)(C)CCC5(C)C)[c-]c2ccccc12.CCC(CC)C(=O)/C=C(\[N-]C(C)C)C(CC)CC.[Ir]. The minimum Gasteiger partial charge on any atom is -0.685 e. The third-order valence-electron chi connectivity index (χ3n) is 12.7. The number of carbonyl (C=O) groups excluding carboxylic acids is 1. The van der Waals surface area contributed by atoms with Gasteiger partial charge in [0.15, 0.2) is 5.78 Å². The molecule has 58 heavy (non-hydrogen) atoms. The van der Waals surface area contributed by atoms with Gasteiger partial charge in [-0.25, -0.2) is 0 Å².